The highest BCUT2D eigenvalue weighted by Crippen LogP contribution is 2.26. The van der Waals surface area contributed by atoms with E-state index in [2.05, 4.69) is 99.0 Å². The van der Waals surface area contributed by atoms with Gasteiger partial charge in [-0.3, -0.25) is 9.59 Å². The number of ether oxygens (including phenoxy) is 3. The molecule has 0 radical (unpaired) electrons. The van der Waals surface area contributed by atoms with Crippen molar-refractivity contribution in [3.05, 3.63) is 85.1 Å². The molecular weight excluding hydrogens is 919 g/mol. The van der Waals surface area contributed by atoms with E-state index in [1.54, 1.807) is 6.08 Å². The third-order valence-corrected chi connectivity index (χ3v) is 13.3. The first kappa shape index (κ1) is 67.9. The fraction of sp³-hybridized carbons (Fsp3) is 0.742. The van der Waals surface area contributed by atoms with Gasteiger partial charge >= 0.3 is 5.97 Å². The Morgan fingerprint density at radius 1 is 0.548 bits per heavy atom. The van der Waals surface area contributed by atoms with E-state index in [4.69, 9.17) is 14.2 Å². The van der Waals surface area contributed by atoms with Crippen molar-refractivity contribution in [2.24, 2.45) is 0 Å². The first-order chi connectivity index (χ1) is 35.7. The second-order valence-electron chi connectivity index (χ2n) is 20.0. The van der Waals surface area contributed by atoms with E-state index in [1.165, 1.54) is 57.8 Å². The number of hydrogen-bond acceptors (Lipinski definition) is 10. The molecule has 1 rings (SSSR count). The summed E-state index contributed by atoms with van der Waals surface area (Å²) in [5, 5.41) is 56.7. The van der Waals surface area contributed by atoms with Crippen LogP contribution in [0.2, 0.25) is 0 Å². The fourth-order valence-corrected chi connectivity index (χ4v) is 8.60. The van der Waals surface area contributed by atoms with Crippen molar-refractivity contribution in [2.45, 2.75) is 282 Å². The number of amides is 1. The van der Waals surface area contributed by atoms with Crippen LogP contribution >= 0.6 is 0 Å². The van der Waals surface area contributed by atoms with Gasteiger partial charge in [-0.1, -0.05) is 221 Å². The van der Waals surface area contributed by atoms with Gasteiger partial charge in [0.25, 0.3) is 0 Å². The molecule has 11 heteroatoms. The Balaban J connectivity index is 2.64. The van der Waals surface area contributed by atoms with Crippen LogP contribution in [-0.2, 0) is 23.8 Å². The van der Waals surface area contributed by atoms with Crippen LogP contribution < -0.4 is 5.32 Å². The fourth-order valence-electron chi connectivity index (χ4n) is 8.60. The smallest absolute Gasteiger partial charge is 0.306 e. The molecule has 73 heavy (non-hydrogen) atoms. The molecule has 1 heterocycles. The summed E-state index contributed by atoms with van der Waals surface area (Å²) in [4.78, 5) is 26.4. The van der Waals surface area contributed by atoms with Crippen molar-refractivity contribution >= 4 is 11.9 Å². The average Bonchev–Trinajstić information content (AvgIpc) is 3.39. The second-order valence-corrected chi connectivity index (χ2v) is 20.0. The van der Waals surface area contributed by atoms with Crippen LogP contribution in [0.15, 0.2) is 85.1 Å². The molecule has 1 aliphatic rings. The van der Waals surface area contributed by atoms with Gasteiger partial charge in [-0.05, 0) is 89.9 Å². The Kier molecular flexibility index (Phi) is 46.2. The largest absolute Gasteiger partial charge is 0.454 e. The molecule has 1 fully saturated rings. The highest BCUT2D eigenvalue weighted by molar-refractivity contribution is 5.80. The summed E-state index contributed by atoms with van der Waals surface area (Å²) in [5.74, 6) is -1.22. The minimum absolute atomic E-state index is 0.106. The molecule has 11 nitrogen and oxygen atoms in total. The zero-order valence-electron chi connectivity index (χ0n) is 46.2. The molecule has 0 aromatic carbocycles. The molecular formula is C62H107NO10. The molecule has 0 aromatic rings. The minimum Gasteiger partial charge on any atom is -0.454 e. The monoisotopic (exact) mass is 1030 g/mol. The molecule has 0 saturated carbocycles. The van der Waals surface area contributed by atoms with Crippen LogP contribution in [0.4, 0.5) is 0 Å². The van der Waals surface area contributed by atoms with Gasteiger partial charge < -0.3 is 45.1 Å². The summed E-state index contributed by atoms with van der Waals surface area (Å²) in [7, 11) is 0. The number of hydrogen-bond donors (Lipinski definition) is 6. The maximum absolute atomic E-state index is 13.3. The molecule has 0 bridgehead atoms. The van der Waals surface area contributed by atoms with Crippen molar-refractivity contribution in [3.63, 3.8) is 0 Å². The SMILES string of the molecule is CC/C=C\C/C=C\C/C=C\C/C=C\C/C=C\CCCCCCCCCC(=O)OC1C(OCC(NC(=O)C(O)CCCCCC/C=C\CCCC)C(O)/C=C/CCCCCCCCCCC)OC(CO)C(O)C1O. The number of esters is 1. The number of carbonyl (C=O) groups is 2. The Morgan fingerprint density at radius 2 is 1.00 bits per heavy atom. The van der Waals surface area contributed by atoms with E-state index >= 15 is 0 Å². The van der Waals surface area contributed by atoms with Gasteiger partial charge in [-0.25, -0.2) is 0 Å². The lowest BCUT2D eigenvalue weighted by Gasteiger charge is -2.41. The van der Waals surface area contributed by atoms with Crippen LogP contribution in [0.25, 0.3) is 0 Å². The lowest BCUT2D eigenvalue weighted by Crippen LogP contribution is -2.61. The van der Waals surface area contributed by atoms with Gasteiger partial charge in [0.05, 0.1) is 25.4 Å². The van der Waals surface area contributed by atoms with E-state index < -0.39 is 67.4 Å². The predicted molar refractivity (Wildman–Crippen MR) is 301 cm³/mol. The quantitative estimate of drug-likeness (QED) is 0.0195. The minimum atomic E-state index is -1.62. The van der Waals surface area contributed by atoms with Crippen molar-refractivity contribution in [3.8, 4) is 0 Å². The van der Waals surface area contributed by atoms with E-state index in [1.807, 2.05) is 6.08 Å². The summed E-state index contributed by atoms with van der Waals surface area (Å²) in [6.45, 7) is 5.59. The Hall–Kier alpha value is -3.16. The third kappa shape index (κ3) is 38.1. The summed E-state index contributed by atoms with van der Waals surface area (Å²) < 4.78 is 17.6. The Bertz CT molecular complexity index is 1510. The average molecular weight is 1030 g/mol. The van der Waals surface area contributed by atoms with Gasteiger partial charge in [0.1, 0.15) is 24.4 Å². The van der Waals surface area contributed by atoms with Crippen LogP contribution in [0.5, 0.6) is 0 Å². The first-order valence-corrected chi connectivity index (χ1v) is 29.4. The van der Waals surface area contributed by atoms with Crippen molar-refractivity contribution in [1.29, 1.82) is 0 Å². The lowest BCUT2D eigenvalue weighted by molar-refractivity contribution is -0.305. The van der Waals surface area contributed by atoms with Gasteiger partial charge in [-0.15, -0.1) is 0 Å². The highest BCUT2D eigenvalue weighted by Gasteiger charge is 2.47. The predicted octanol–water partition coefficient (Wildman–Crippen LogP) is 13.4. The number of aliphatic hydroxyl groups excluding tert-OH is 5. The van der Waals surface area contributed by atoms with E-state index in [0.29, 0.717) is 12.8 Å². The zero-order chi connectivity index (χ0) is 53.3. The van der Waals surface area contributed by atoms with Crippen molar-refractivity contribution in [1.82, 2.24) is 5.32 Å². The van der Waals surface area contributed by atoms with Gasteiger partial charge in [0.2, 0.25) is 5.91 Å². The third-order valence-electron chi connectivity index (χ3n) is 13.3. The molecule has 420 valence electrons. The summed E-state index contributed by atoms with van der Waals surface area (Å²) in [6, 6.07) is -1.03. The number of carbonyl (C=O) groups excluding carboxylic acids is 2. The highest BCUT2D eigenvalue weighted by atomic mass is 16.7. The lowest BCUT2D eigenvalue weighted by atomic mass is 9.99. The zero-order valence-corrected chi connectivity index (χ0v) is 46.2. The van der Waals surface area contributed by atoms with Crippen LogP contribution in [-0.4, -0.2) is 99.6 Å². The molecule has 6 N–H and O–H groups in total. The summed E-state index contributed by atoms with van der Waals surface area (Å²) in [6.07, 6.45) is 53.5. The molecule has 1 amide bonds. The van der Waals surface area contributed by atoms with Crippen LogP contribution in [0.3, 0.4) is 0 Å². The summed E-state index contributed by atoms with van der Waals surface area (Å²) in [5.41, 5.74) is 0. The van der Waals surface area contributed by atoms with Crippen molar-refractivity contribution in [2.75, 3.05) is 13.2 Å². The van der Waals surface area contributed by atoms with Crippen LogP contribution in [0.1, 0.15) is 233 Å². The summed E-state index contributed by atoms with van der Waals surface area (Å²) >= 11 is 0. The van der Waals surface area contributed by atoms with Gasteiger partial charge in [0.15, 0.2) is 12.4 Å². The Morgan fingerprint density at radius 3 is 1.53 bits per heavy atom. The van der Waals surface area contributed by atoms with E-state index in [0.717, 1.165) is 128 Å². The topological polar surface area (TPSA) is 175 Å². The van der Waals surface area contributed by atoms with E-state index in [-0.39, 0.29) is 19.4 Å². The number of unbranched alkanes of at least 4 members (excludes halogenated alkanes) is 22. The maximum Gasteiger partial charge on any atom is 0.306 e. The molecule has 0 aromatic heterocycles. The van der Waals surface area contributed by atoms with Gasteiger partial charge in [-0.2, -0.15) is 0 Å². The number of allylic oxidation sites excluding steroid dienone is 13. The Labute approximate surface area is 444 Å². The standard InChI is InChI=1S/C62H107NO10/c1-4-7-10-13-16-19-22-23-24-25-26-27-28-29-30-31-32-33-35-38-41-44-47-50-57(67)73-60-59(69)58(68)56(51-64)72-62(60)71-52-53(54(65)48-45-42-39-37-34-20-17-14-11-8-5-2)63-61(70)55(66)49-46-43-40-36-21-18-15-12-9-6-3/h7,10,15-16,18-19,23-24,26-27,29-30,45,48,53-56,58-60,62,64-66,68-69H,4-6,8-9,11-14,17,20-22,25,28,31-44,46-47,49-52H2,1-3H3,(H,63,70)/b10-7-,18-15-,19-16-,24-23-,27-26-,30-29-,48-45+. The van der Waals surface area contributed by atoms with E-state index in [9.17, 15) is 35.1 Å². The molecule has 8 atom stereocenters. The normalized spacial score (nSPS) is 20.0. The molecule has 8 unspecified atom stereocenters. The van der Waals surface area contributed by atoms with Crippen molar-refractivity contribution < 1.29 is 49.3 Å². The number of rotatable bonds is 48. The first-order valence-electron chi connectivity index (χ1n) is 29.4. The second kappa shape index (κ2) is 49.7. The number of nitrogens with one attached hydrogen (secondary N) is 1. The molecule has 0 spiro atoms. The van der Waals surface area contributed by atoms with Gasteiger partial charge in [0, 0.05) is 6.42 Å². The molecule has 1 aliphatic heterocycles. The maximum atomic E-state index is 13.3. The molecule has 1 saturated heterocycles. The van der Waals surface area contributed by atoms with Crippen LogP contribution in [0, 0.1) is 0 Å². The molecule has 0 aliphatic carbocycles. The number of aliphatic hydroxyl groups is 5.